The molecule has 1 aromatic heterocycles. The number of aryl methyl sites for hydroxylation is 4. The van der Waals surface area contributed by atoms with Crippen molar-refractivity contribution in [1.29, 1.82) is 0 Å². The lowest BCUT2D eigenvalue weighted by Gasteiger charge is -2.24. The van der Waals surface area contributed by atoms with Crippen LogP contribution in [0.3, 0.4) is 0 Å². The smallest absolute Gasteiger partial charge is 0.241 e. The summed E-state index contributed by atoms with van der Waals surface area (Å²) in [5.74, 6) is 0. The molecule has 2 N–H and O–H groups in total. The first-order valence-electron chi connectivity index (χ1n) is 9.03. The molecule has 1 aliphatic rings. The Morgan fingerprint density at radius 3 is 2.54 bits per heavy atom. The summed E-state index contributed by atoms with van der Waals surface area (Å²) in [4.78, 5) is 3.86. The van der Waals surface area contributed by atoms with Gasteiger partial charge in [0.05, 0.1) is 4.90 Å². The van der Waals surface area contributed by atoms with Crippen LogP contribution in [0.1, 0.15) is 34.4 Å². The van der Waals surface area contributed by atoms with Crippen LogP contribution in [0.25, 0.3) is 10.9 Å². The van der Waals surface area contributed by atoms with Crippen LogP contribution >= 0.6 is 0 Å². The molecule has 5 heteroatoms. The minimum atomic E-state index is -3.51. The number of fused-ring (bicyclic) bond motifs is 3. The third-order valence-electron chi connectivity index (χ3n) is 5.29. The molecule has 4 rings (SSSR count). The fraction of sp³-hybridized carbons (Fsp3) is 0.333. The van der Waals surface area contributed by atoms with Gasteiger partial charge in [0.25, 0.3) is 0 Å². The van der Waals surface area contributed by atoms with Gasteiger partial charge in [-0.1, -0.05) is 29.3 Å². The maximum absolute atomic E-state index is 12.8. The molecule has 1 unspecified atom stereocenters. The van der Waals surface area contributed by atoms with Gasteiger partial charge in [0.15, 0.2) is 0 Å². The number of aromatic nitrogens is 1. The van der Waals surface area contributed by atoms with E-state index < -0.39 is 10.0 Å². The van der Waals surface area contributed by atoms with Crippen LogP contribution in [0.4, 0.5) is 0 Å². The highest BCUT2D eigenvalue weighted by molar-refractivity contribution is 7.89. The Labute approximate surface area is 154 Å². The second-order valence-corrected chi connectivity index (χ2v) is 9.14. The Kier molecular flexibility index (Phi) is 4.16. The second kappa shape index (κ2) is 6.25. The summed E-state index contributed by atoms with van der Waals surface area (Å²) in [5, 5.41) is 1.27. The normalized spacial score (nSPS) is 17.4. The topological polar surface area (TPSA) is 62.0 Å². The second-order valence-electron chi connectivity index (χ2n) is 7.46. The predicted molar refractivity (Wildman–Crippen MR) is 105 cm³/mol. The van der Waals surface area contributed by atoms with E-state index >= 15 is 0 Å². The van der Waals surface area contributed by atoms with Crippen molar-refractivity contribution >= 4 is 20.9 Å². The molecular formula is C21H24N2O2S. The molecule has 0 saturated heterocycles. The van der Waals surface area contributed by atoms with E-state index in [1.807, 2.05) is 26.0 Å². The lowest BCUT2D eigenvalue weighted by atomic mass is 9.92. The molecule has 26 heavy (non-hydrogen) atoms. The van der Waals surface area contributed by atoms with Gasteiger partial charge >= 0.3 is 0 Å². The van der Waals surface area contributed by atoms with Crippen molar-refractivity contribution in [2.75, 3.05) is 0 Å². The van der Waals surface area contributed by atoms with Gasteiger partial charge < -0.3 is 4.98 Å². The van der Waals surface area contributed by atoms with Crippen LogP contribution in [0, 0.1) is 20.8 Å². The van der Waals surface area contributed by atoms with Crippen LogP contribution < -0.4 is 4.72 Å². The Bertz CT molecular complexity index is 1100. The summed E-state index contributed by atoms with van der Waals surface area (Å²) in [6.07, 6.45) is 2.41. The first-order chi connectivity index (χ1) is 12.3. The molecule has 1 aliphatic carbocycles. The number of rotatable bonds is 3. The van der Waals surface area contributed by atoms with E-state index in [9.17, 15) is 8.42 Å². The van der Waals surface area contributed by atoms with Crippen molar-refractivity contribution < 1.29 is 8.42 Å². The molecule has 1 heterocycles. The molecule has 0 spiro atoms. The van der Waals surface area contributed by atoms with Crippen LogP contribution in [0.2, 0.25) is 0 Å². The largest absolute Gasteiger partial charge is 0.358 e. The Morgan fingerprint density at radius 1 is 1.04 bits per heavy atom. The summed E-state index contributed by atoms with van der Waals surface area (Å²) in [5.41, 5.74) is 6.73. The minimum absolute atomic E-state index is 0.0811. The van der Waals surface area contributed by atoms with E-state index in [1.54, 1.807) is 6.07 Å². The molecular weight excluding hydrogens is 344 g/mol. The van der Waals surface area contributed by atoms with Gasteiger partial charge in [-0.3, -0.25) is 0 Å². The first kappa shape index (κ1) is 17.3. The van der Waals surface area contributed by atoms with Gasteiger partial charge in [-0.05, 0) is 62.9 Å². The molecule has 136 valence electrons. The maximum atomic E-state index is 12.8. The van der Waals surface area contributed by atoms with Gasteiger partial charge in [-0.25, -0.2) is 13.1 Å². The van der Waals surface area contributed by atoms with Crippen LogP contribution in [-0.4, -0.2) is 19.4 Å². The summed E-state index contributed by atoms with van der Waals surface area (Å²) >= 11 is 0. The number of hydrogen-bond acceptors (Lipinski definition) is 2. The molecule has 1 atom stereocenters. The zero-order chi connectivity index (χ0) is 18.5. The number of nitrogens with one attached hydrogen (secondary N) is 2. The SMILES string of the molecule is Cc1ccc(S(=O)(=O)NC2CCc3c([nH]c4ccc(C)cc34)C2)c(C)c1. The molecule has 0 radical (unpaired) electrons. The molecule has 0 bridgehead atoms. The number of hydrogen-bond donors (Lipinski definition) is 2. The molecule has 0 aliphatic heterocycles. The Hall–Kier alpha value is -2.11. The highest BCUT2D eigenvalue weighted by Gasteiger charge is 2.27. The third kappa shape index (κ3) is 3.06. The summed E-state index contributed by atoms with van der Waals surface area (Å²) in [6, 6.07) is 11.8. The van der Waals surface area contributed by atoms with Crippen molar-refractivity contribution in [2.24, 2.45) is 0 Å². The quantitative estimate of drug-likeness (QED) is 0.736. The van der Waals surface area contributed by atoms with Crippen molar-refractivity contribution in [3.8, 4) is 0 Å². The van der Waals surface area contributed by atoms with E-state index in [0.29, 0.717) is 11.3 Å². The average Bonchev–Trinajstić information content (AvgIpc) is 2.91. The monoisotopic (exact) mass is 368 g/mol. The third-order valence-corrected chi connectivity index (χ3v) is 6.97. The Morgan fingerprint density at radius 2 is 1.77 bits per heavy atom. The van der Waals surface area contributed by atoms with Crippen LogP contribution in [-0.2, 0) is 22.9 Å². The standard InChI is InChI=1S/C21H24N2O2S/c1-13-5-9-21(15(3)10-13)26(24,25)23-16-6-7-17-18-11-14(2)4-8-19(18)22-20(17)12-16/h4-5,8-11,16,22-23H,6-7,12H2,1-3H3. The van der Waals surface area contributed by atoms with Crippen molar-refractivity contribution in [3.63, 3.8) is 0 Å². The highest BCUT2D eigenvalue weighted by atomic mass is 32.2. The molecule has 3 aromatic rings. The van der Waals surface area contributed by atoms with E-state index in [4.69, 9.17) is 0 Å². The average molecular weight is 369 g/mol. The predicted octanol–water partition coefficient (Wildman–Crippen LogP) is 3.93. The van der Waals surface area contributed by atoms with Crippen LogP contribution in [0.15, 0.2) is 41.3 Å². The van der Waals surface area contributed by atoms with E-state index in [0.717, 1.165) is 35.2 Å². The first-order valence-corrected chi connectivity index (χ1v) is 10.5. The fourth-order valence-corrected chi connectivity index (χ4v) is 5.53. The maximum Gasteiger partial charge on any atom is 0.241 e. The molecule has 0 fully saturated rings. The lowest BCUT2D eigenvalue weighted by molar-refractivity contribution is 0.505. The van der Waals surface area contributed by atoms with Gasteiger partial charge in [-0.2, -0.15) is 0 Å². The van der Waals surface area contributed by atoms with Gasteiger partial charge in [-0.15, -0.1) is 0 Å². The van der Waals surface area contributed by atoms with Crippen molar-refractivity contribution in [3.05, 3.63) is 64.3 Å². The summed E-state index contributed by atoms with van der Waals surface area (Å²) in [7, 11) is -3.51. The van der Waals surface area contributed by atoms with Gasteiger partial charge in [0, 0.05) is 29.1 Å². The van der Waals surface area contributed by atoms with E-state index in [-0.39, 0.29) is 6.04 Å². The van der Waals surface area contributed by atoms with E-state index in [1.165, 1.54) is 16.5 Å². The molecule has 0 amide bonds. The minimum Gasteiger partial charge on any atom is -0.358 e. The van der Waals surface area contributed by atoms with E-state index in [2.05, 4.69) is 34.8 Å². The van der Waals surface area contributed by atoms with Gasteiger partial charge in [0.1, 0.15) is 0 Å². The zero-order valence-corrected chi connectivity index (χ0v) is 16.2. The van der Waals surface area contributed by atoms with Gasteiger partial charge in [0.2, 0.25) is 10.0 Å². The number of benzene rings is 2. The van der Waals surface area contributed by atoms with Crippen molar-refractivity contribution in [2.45, 2.75) is 51.0 Å². The molecule has 4 nitrogen and oxygen atoms in total. The number of aromatic amines is 1. The fourth-order valence-electron chi connectivity index (χ4n) is 4.03. The number of H-pyrrole nitrogens is 1. The zero-order valence-electron chi connectivity index (χ0n) is 15.4. The lowest BCUT2D eigenvalue weighted by Crippen LogP contribution is -2.39. The molecule has 2 aromatic carbocycles. The summed E-state index contributed by atoms with van der Waals surface area (Å²) < 4.78 is 28.6. The summed E-state index contributed by atoms with van der Waals surface area (Å²) in [6.45, 7) is 5.92. The van der Waals surface area contributed by atoms with Crippen molar-refractivity contribution in [1.82, 2.24) is 9.71 Å². The highest BCUT2D eigenvalue weighted by Crippen LogP contribution is 2.30. The molecule has 0 saturated carbocycles. The number of sulfonamides is 1. The van der Waals surface area contributed by atoms with Crippen LogP contribution in [0.5, 0.6) is 0 Å². The Balaban J connectivity index is 1.60.